The number of amides is 1. The summed E-state index contributed by atoms with van der Waals surface area (Å²) in [6.07, 6.45) is 1.59. The first kappa shape index (κ1) is 22.9. The van der Waals surface area contributed by atoms with Gasteiger partial charge < -0.3 is 25.2 Å². The summed E-state index contributed by atoms with van der Waals surface area (Å²) < 4.78 is 5.12. The zero-order chi connectivity index (χ0) is 24.1. The summed E-state index contributed by atoms with van der Waals surface area (Å²) in [5.41, 5.74) is 2.72. The Labute approximate surface area is 196 Å². The largest absolute Gasteiger partial charge is 0.394 e. The fraction of sp³-hybridized carbons (Fsp3) is 0.208. The summed E-state index contributed by atoms with van der Waals surface area (Å²) in [5, 5.41) is 20.4. The quantitative estimate of drug-likeness (QED) is 0.363. The van der Waals surface area contributed by atoms with E-state index in [-0.39, 0.29) is 12.5 Å². The number of aliphatic hydroxyl groups is 1. The smallest absolute Gasteiger partial charge is 0.253 e. The molecule has 4 aromatic rings. The highest BCUT2D eigenvalue weighted by Crippen LogP contribution is 2.28. The lowest BCUT2D eigenvalue weighted by molar-refractivity contribution is 0.0827. The Kier molecular flexibility index (Phi) is 6.79. The zero-order valence-corrected chi connectivity index (χ0v) is 19.1. The van der Waals surface area contributed by atoms with Crippen LogP contribution in [0.3, 0.4) is 0 Å². The number of aryl methyl sites for hydroxylation is 1. The van der Waals surface area contributed by atoms with Gasteiger partial charge in [-0.2, -0.15) is 9.97 Å². The van der Waals surface area contributed by atoms with Gasteiger partial charge in [0.05, 0.1) is 18.2 Å². The lowest BCUT2D eigenvalue weighted by atomic mass is 10.1. The van der Waals surface area contributed by atoms with Crippen LogP contribution >= 0.6 is 0 Å². The molecule has 4 rings (SSSR count). The maximum absolute atomic E-state index is 12.1. The lowest BCUT2D eigenvalue weighted by Gasteiger charge is -2.19. The summed E-state index contributed by atoms with van der Waals surface area (Å²) in [5.74, 6) is 1.42. The Bertz CT molecular complexity index is 1260. The Hall–Kier alpha value is -4.31. The first-order valence-electron chi connectivity index (χ1n) is 10.6. The molecule has 3 N–H and O–H groups in total. The van der Waals surface area contributed by atoms with Crippen LogP contribution in [0.25, 0.3) is 11.4 Å². The van der Waals surface area contributed by atoms with Gasteiger partial charge in [0.25, 0.3) is 5.91 Å². The first-order valence-corrected chi connectivity index (χ1v) is 10.6. The van der Waals surface area contributed by atoms with Crippen molar-refractivity contribution in [3.8, 4) is 11.4 Å². The molecule has 0 aliphatic carbocycles. The van der Waals surface area contributed by atoms with Crippen LogP contribution in [0.2, 0.25) is 0 Å². The van der Waals surface area contributed by atoms with Crippen molar-refractivity contribution < 1.29 is 14.4 Å². The van der Waals surface area contributed by atoms with E-state index in [0.29, 0.717) is 40.3 Å². The van der Waals surface area contributed by atoms with Gasteiger partial charge in [-0.05, 0) is 29.8 Å². The van der Waals surface area contributed by atoms with E-state index in [1.807, 2.05) is 30.3 Å². The summed E-state index contributed by atoms with van der Waals surface area (Å²) in [6, 6.07) is 16.2. The van der Waals surface area contributed by atoms with Crippen molar-refractivity contribution in [1.82, 2.24) is 25.0 Å². The third-order valence-corrected chi connectivity index (χ3v) is 5.05. The van der Waals surface area contributed by atoms with Crippen molar-refractivity contribution in [2.45, 2.75) is 13.0 Å². The van der Waals surface area contributed by atoms with Crippen LogP contribution in [0.15, 0.2) is 65.3 Å². The van der Waals surface area contributed by atoms with Crippen LogP contribution in [0.1, 0.15) is 27.9 Å². The van der Waals surface area contributed by atoms with Crippen molar-refractivity contribution >= 4 is 23.4 Å². The number of hydrogen-bond acceptors (Lipinski definition) is 9. The molecule has 2 aromatic heterocycles. The maximum atomic E-state index is 12.1. The summed E-state index contributed by atoms with van der Waals surface area (Å²) in [7, 11) is 3.41. The van der Waals surface area contributed by atoms with Gasteiger partial charge in [0.15, 0.2) is 0 Å². The van der Waals surface area contributed by atoms with Gasteiger partial charge >= 0.3 is 0 Å². The SMILES string of the molecule is Cc1nc(-c2cnc(Nc3ccc(C(=O)N(C)C)cc3)nc2N[C@H](CO)c2ccccc2)no1. The highest BCUT2D eigenvalue weighted by atomic mass is 16.5. The number of anilines is 3. The van der Waals surface area contributed by atoms with Gasteiger partial charge in [-0.1, -0.05) is 35.5 Å². The zero-order valence-electron chi connectivity index (χ0n) is 19.1. The second-order valence-corrected chi connectivity index (χ2v) is 7.79. The van der Waals surface area contributed by atoms with E-state index in [0.717, 1.165) is 5.56 Å². The molecule has 0 spiro atoms. The number of carbonyl (C=O) groups excluding carboxylic acids is 1. The Morgan fingerprint density at radius 1 is 1.09 bits per heavy atom. The summed E-state index contributed by atoms with van der Waals surface area (Å²) >= 11 is 0. The Morgan fingerprint density at radius 2 is 1.82 bits per heavy atom. The number of aromatic nitrogens is 4. The van der Waals surface area contributed by atoms with Crippen molar-refractivity contribution in [2.75, 3.05) is 31.3 Å². The standard InChI is InChI=1S/C24H25N7O3/c1-15-26-22(30-34-15)19-13-25-24(27-18-11-9-17(10-12-18)23(33)31(2)3)29-21(19)28-20(14-32)16-7-5-4-6-8-16/h4-13,20,32H,14H2,1-3H3,(H2,25,27,28,29)/t20-/m1/s1. The molecule has 0 fully saturated rings. The van der Waals surface area contributed by atoms with Gasteiger partial charge in [0.1, 0.15) is 5.82 Å². The predicted molar refractivity (Wildman–Crippen MR) is 128 cm³/mol. The van der Waals surface area contributed by atoms with Crippen molar-refractivity contribution in [3.63, 3.8) is 0 Å². The van der Waals surface area contributed by atoms with Crippen LogP contribution in [-0.2, 0) is 0 Å². The second kappa shape index (κ2) is 10.1. The average molecular weight is 460 g/mol. The molecule has 1 amide bonds. The number of rotatable bonds is 8. The second-order valence-electron chi connectivity index (χ2n) is 7.79. The van der Waals surface area contributed by atoms with E-state index < -0.39 is 6.04 Å². The highest BCUT2D eigenvalue weighted by Gasteiger charge is 2.19. The fourth-order valence-electron chi connectivity index (χ4n) is 3.29. The number of aliphatic hydroxyl groups excluding tert-OH is 1. The van der Waals surface area contributed by atoms with Gasteiger partial charge in [0, 0.05) is 38.5 Å². The molecule has 0 saturated carbocycles. The normalized spacial score (nSPS) is 11.6. The van der Waals surface area contributed by atoms with E-state index in [1.54, 1.807) is 51.5 Å². The molecule has 0 bridgehead atoms. The molecule has 10 heteroatoms. The maximum Gasteiger partial charge on any atom is 0.253 e. The van der Waals surface area contributed by atoms with Crippen LogP contribution in [0, 0.1) is 6.92 Å². The van der Waals surface area contributed by atoms with Crippen molar-refractivity contribution in [2.24, 2.45) is 0 Å². The molecule has 0 saturated heterocycles. The molecule has 0 unspecified atom stereocenters. The Balaban J connectivity index is 1.64. The predicted octanol–water partition coefficient (Wildman–Crippen LogP) is 3.43. The molecule has 0 radical (unpaired) electrons. The molecular formula is C24H25N7O3. The molecular weight excluding hydrogens is 434 g/mol. The Morgan fingerprint density at radius 3 is 2.44 bits per heavy atom. The molecule has 174 valence electrons. The molecule has 1 atom stereocenters. The van der Waals surface area contributed by atoms with E-state index in [9.17, 15) is 9.90 Å². The first-order chi connectivity index (χ1) is 16.4. The number of hydrogen-bond donors (Lipinski definition) is 3. The highest BCUT2D eigenvalue weighted by molar-refractivity contribution is 5.94. The summed E-state index contributed by atoms with van der Waals surface area (Å²) in [4.78, 5) is 26.9. The minimum atomic E-state index is -0.410. The van der Waals surface area contributed by atoms with Gasteiger partial charge in [-0.25, -0.2) is 4.98 Å². The topological polar surface area (TPSA) is 129 Å². The van der Waals surface area contributed by atoms with Crippen molar-refractivity contribution in [1.29, 1.82) is 0 Å². The molecule has 0 aliphatic rings. The van der Waals surface area contributed by atoms with Gasteiger partial charge in [0.2, 0.25) is 17.7 Å². The third-order valence-electron chi connectivity index (χ3n) is 5.05. The van der Waals surface area contributed by atoms with E-state index in [4.69, 9.17) is 4.52 Å². The third kappa shape index (κ3) is 5.18. The number of nitrogens with zero attached hydrogens (tertiary/aromatic N) is 5. The minimum absolute atomic E-state index is 0.0787. The molecule has 0 aliphatic heterocycles. The van der Waals surface area contributed by atoms with E-state index in [1.165, 1.54) is 4.90 Å². The van der Waals surface area contributed by atoms with Gasteiger partial charge in [-0.3, -0.25) is 4.79 Å². The lowest BCUT2D eigenvalue weighted by Crippen LogP contribution is -2.21. The monoisotopic (exact) mass is 459 g/mol. The van der Waals surface area contributed by atoms with E-state index >= 15 is 0 Å². The van der Waals surface area contributed by atoms with Crippen LogP contribution < -0.4 is 10.6 Å². The average Bonchev–Trinajstić information content (AvgIpc) is 3.29. The van der Waals surface area contributed by atoms with Crippen LogP contribution in [0.5, 0.6) is 0 Å². The molecule has 10 nitrogen and oxygen atoms in total. The molecule has 2 heterocycles. The van der Waals surface area contributed by atoms with Crippen LogP contribution in [-0.4, -0.2) is 56.7 Å². The molecule has 2 aromatic carbocycles. The fourth-order valence-corrected chi connectivity index (χ4v) is 3.29. The number of benzene rings is 2. The van der Waals surface area contributed by atoms with E-state index in [2.05, 4.69) is 30.7 Å². The number of nitrogens with one attached hydrogen (secondary N) is 2. The van der Waals surface area contributed by atoms with Gasteiger partial charge in [-0.15, -0.1) is 0 Å². The van der Waals surface area contributed by atoms with Crippen LogP contribution in [0.4, 0.5) is 17.5 Å². The molecule has 34 heavy (non-hydrogen) atoms. The number of carbonyl (C=O) groups is 1. The van der Waals surface area contributed by atoms with Crippen molar-refractivity contribution in [3.05, 3.63) is 77.8 Å². The summed E-state index contributed by atoms with van der Waals surface area (Å²) in [6.45, 7) is 1.55. The minimum Gasteiger partial charge on any atom is -0.394 e.